The van der Waals surface area contributed by atoms with E-state index in [-0.39, 0.29) is 23.3 Å². The molecule has 2 fully saturated rings. The third kappa shape index (κ3) is 3.06. The summed E-state index contributed by atoms with van der Waals surface area (Å²) in [6, 6.07) is 0.0643. The van der Waals surface area contributed by atoms with E-state index in [1.165, 1.54) is 12.8 Å². The molecule has 0 spiro atoms. The molecule has 2 aliphatic carbocycles. The maximum absolute atomic E-state index is 12.2. The van der Waals surface area contributed by atoms with E-state index in [4.69, 9.17) is 4.98 Å². The Morgan fingerprint density at radius 1 is 1.30 bits per heavy atom. The van der Waals surface area contributed by atoms with Crippen LogP contribution in [0.5, 0.6) is 0 Å². The summed E-state index contributed by atoms with van der Waals surface area (Å²) in [5, 5.41) is 3.25. The minimum absolute atomic E-state index is 0.0643. The molecule has 5 nitrogen and oxygen atoms in total. The van der Waals surface area contributed by atoms with Gasteiger partial charge in [0, 0.05) is 30.8 Å². The Labute approximate surface area is 137 Å². The highest BCUT2D eigenvalue weighted by Crippen LogP contribution is 2.41. The number of aromatic nitrogens is 2. The Morgan fingerprint density at radius 3 is 2.74 bits per heavy atom. The summed E-state index contributed by atoms with van der Waals surface area (Å²) >= 11 is 0. The summed E-state index contributed by atoms with van der Waals surface area (Å²) in [4.78, 5) is 24.0. The molecule has 4 rings (SSSR count). The third-order valence-corrected chi connectivity index (χ3v) is 5.32. The highest BCUT2D eigenvalue weighted by molar-refractivity contribution is 5.81. The van der Waals surface area contributed by atoms with Gasteiger partial charge in [-0.05, 0) is 43.9 Å². The Morgan fingerprint density at radius 2 is 2.04 bits per heavy atom. The highest BCUT2D eigenvalue weighted by atomic mass is 16.2. The second-order valence-electron chi connectivity index (χ2n) is 8.15. The zero-order chi connectivity index (χ0) is 16.0. The lowest BCUT2D eigenvalue weighted by Crippen LogP contribution is -2.38. The van der Waals surface area contributed by atoms with Crippen molar-refractivity contribution >= 4 is 11.9 Å². The lowest BCUT2D eigenvalue weighted by molar-refractivity contribution is -0.123. The van der Waals surface area contributed by atoms with Crippen LogP contribution in [0.1, 0.15) is 63.3 Å². The summed E-state index contributed by atoms with van der Waals surface area (Å²) in [6.07, 6.45) is 8.42. The standard InChI is InChI=1S/C18H26N4O/c1-18(2)9-14(20-16(23)12-5-6-12)13-11-19-17(21-15(13)10-18)22-7-3-4-8-22/h11-12,14H,3-10H2,1-2H3,(H,20,23). The molecule has 1 unspecified atom stereocenters. The van der Waals surface area contributed by atoms with Crippen LogP contribution in [-0.4, -0.2) is 29.0 Å². The third-order valence-electron chi connectivity index (χ3n) is 5.32. The first-order valence-electron chi connectivity index (χ1n) is 8.93. The smallest absolute Gasteiger partial charge is 0.225 e. The molecule has 5 heteroatoms. The average Bonchev–Trinajstić information content (AvgIpc) is 3.20. The topological polar surface area (TPSA) is 58.1 Å². The number of carbonyl (C=O) groups excluding carboxylic acids is 1. The molecule has 3 aliphatic rings. The Bertz CT molecular complexity index is 617. The van der Waals surface area contributed by atoms with Crippen molar-refractivity contribution in [3.05, 3.63) is 17.5 Å². The van der Waals surface area contributed by atoms with E-state index in [1.54, 1.807) is 0 Å². The molecule has 1 aromatic heterocycles. The lowest BCUT2D eigenvalue weighted by atomic mass is 9.74. The minimum Gasteiger partial charge on any atom is -0.349 e. The number of nitrogens with zero attached hydrogens (tertiary/aromatic N) is 3. The van der Waals surface area contributed by atoms with Crippen LogP contribution in [0.25, 0.3) is 0 Å². The van der Waals surface area contributed by atoms with E-state index in [2.05, 4.69) is 29.0 Å². The molecule has 0 aromatic carbocycles. The molecule has 1 saturated carbocycles. The maximum atomic E-state index is 12.2. The van der Waals surface area contributed by atoms with Gasteiger partial charge >= 0.3 is 0 Å². The van der Waals surface area contributed by atoms with Gasteiger partial charge in [-0.15, -0.1) is 0 Å². The molecule has 2 heterocycles. The molecule has 1 atom stereocenters. The van der Waals surface area contributed by atoms with Gasteiger partial charge in [-0.1, -0.05) is 13.8 Å². The van der Waals surface area contributed by atoms with Crippen molar-refractivity contribution in [3.63, 3.8) is 0 Å². The lowest BCUT2D eigenvalue weighted by Gasteiger charge is -2.36. The van der Waals surface area contributed by atoms with Crippen LogP contribution in [0.2, 0.25) is 0 Å². The molecule has 1 aliphatic heterocycles. The van der Waals surface area contributed by atoms with Crippen molar-refractivity contribution in [2.24, 2.45) is 11.3 Å². The number of hydrogen-bond donors (Lipinski definition) is 1. The minimum atomic E-state index is 0.0643. The van der Waals surface area contributed by atoms with Gasteiger partial charge in [-0.2, -0.15) is 0 Å². The Hall–Kier alpha value is -1.65. The van der Waals surface area contributed by atoms with Crippen molar-refractivity contribution in [3.8, 4) is 0 Å². The van der Waals surface area contributed by atoms with E-state index in [0.717, 1.165) is 56.0 Å². The molecule has 1 amide bonds. The van der Waals surface area contributed by atoms with Crippen LogP contribution in [0.3, 0.4) is 0 Å². The monoisotopic (exact) mass is 314 g/mol. The predicted molar refractivity (Wildman–Crippen MR) is 89.2 cm³/mol. The van der Waals surface area contributed by atoms with E-state index >= 15 is 0 Å². The van der Waals surface area contributed by atoms with Crippen molar-refractivity contribution in [2.75, 3.05) is 18.0 Å². The van der Waals surface area contributed by atoms with Gasteiger partial charge in [0.25, 0.3) is 0 Å². The molecule has 0 radical (unpaired) electrons. The number of hydrogen-bond acceptors (Lipinski definition) is 4. The first-order valence-corrected chi connectivity index (χ1v) is 8.93. The predicted octanol–water partition coefficient (Wildman–Crippen LogP) is 2.62. The van der Waals surface area contributed by atoms with Crippen LogP contribution < -0.4 is 10.2 Å². The zero-order valence-corrected chi connectivity index (χ0v) is 14.1. The van der Waals surface area contributed by atoms with E-state index in [0.29, 0.717) is 0 Å². The molecule has 23 heavy (non-hydrogen) atoms. The second kappa shape index (κ2) is 5.46. The SMILES string of the molecule is CC1(C)Cc2nc(N3CCCC3)ncc2C(NC(=O)C2CC2)C1. The molecule has 1 N–H and O–H groups in total. The quantitative estimate of drug-likeness (QED) is 0.932. The van der Waals surface area contributed by atoms with Gasteiger partial charge < -0.3 is 10.2 Å². The zero-order valence-electron chi connectivity index (χ0n) is 14.1. The fraction of sp³-hybridized carbons (Fsp3) is 0.722. The van der Waals surface area contributed by atoms with Crippen LogP contribution >= 0.6 is 0 Å². The number of rotatable bonds is 3. The normalized spacial score (nSPS) is 26.0. The van der Waals surface area contributed by atoms with Crippen molar-refractivity contribution in [1.82, 2.24) is 15.3 Å². The molecular formula is C18H26N4O. The van der Waals surface area contributed by atoms with Crippen molar-refractivity contribution < 1.29 is 4.79 Å². The van der Waals surface area contributed by atoms with Crippen LogP contribution in [-0.2, 0) is 11.2 Å². The van der Waals surface area contributed by atoms with Gasteiger partial charge in [0.1, 0.15) is 0 Å². The largest absolute Gasteiger partial charge is 0.349 e. The molecule has 1 saturated heterocycles. The summed E-state index contributed by atoms with van der Waals surface area (Å²) < 4.78 is 0. The van der Waals surface area contributed by atoms with Crippen LogP contribution in [0.15, 0.2) is 6.20 Å². The highest BCUT2D eigenvalue weighted by Gasteiger charge is 2.37. The van der Waals surface area contributed by atoms with Crippen molar-refractivity contribution in [1.29, 1.82) is 0 Å². The van der Waals surface area contributed by atoms with Crippen LogP contribution in [0.4, 0.5) is 5.95 Å². The number of carbonyl (C=O) groups is 1. The summed E-state index contributed by atoms with van der Waals surface area (Å²) in [6.45, 7) is 6.65. The van der Waals surface area contributed by atoms with Gasteiger partial charge in [0.2, 0.25) is 11.9 Å². The average molecular weight is 314 g/mol. The first-order chi connectivity index (χ1) is 11.0. The molecule has 1 aromatic rings. The summed E-state index contributed by atoms with van der Waals surface area (Å²) in [5.41, 5.74) is 2.41. The summed E-state index contributed by atoms with van der Waals surface area (Å²) in [5.74, 6) is 1.32. The Balaban J connectivity index is 1.61. The molecule has 0 bridgehead atoms. The van der Waals surface area contributed by atoms with Gasteiger partial charge in [-0.3, -0.25) is 4.79 Å². The van der Waals surface area contributed by atoms with E-state index < -0.39 is 0 Å². The van der Waals surface area contributed by atoms with Gasteiger partial charge in [0.15, 0.2) is 0 Å². The van der Waals surface area contributed by atoms with E-state index in [9.17, 15) is 4.79 Å². The number of amides is 1. The maximum Gasteiger partial charge on any atom is 0.225 e. The molecule has 124 valence electrons. The Kier molecular flexibility index (Phi) is 3.54. The fourth-order valence-electron chi connectivity index (χ4n) is 3.87. The summed E-state index contributed by atoms with van der Waals surface area (Å²) in [7, 11) is 0. The number of nitrogens with one attached hydrogen (secondary N) is 1. The van der Waals surface area contributed by atoms with Crippen molar-refractivity contribution in [2.45, 2.75) is 58.4 Å². The first kappa shape index (κ1) is 14.9. The van der Waals surface area contributed by atoms with Crippen LogP contribution in [0, 0.1) is 11.3 Å². The van der Waals surface area contributed by atoms with E-state index in [1.807, 2.05) is 6.20 Å². The number of fused-ring (bicyclic) bond motifs is 1. The fourth-order valence-corrected chi connectivity index (χ4v) is 3.87. The van der Waals surface area contributed by atoms with Gasteiger partial charge in [0.05, 0.1) is 11.7 Å². The number of anilines is 1. The molecular weight excluding hydrogens is 288 g/mol. The second-order valence-corrected chi connectivity index (χ2v) is 8.15. The van der Waals surface area contributed by atoms with Gasteiger partial charge in [-0.25, -0.2) is 9.97 Å².